The van der Waals surface area contributed by atoms with Gasteiger partial charge in [-0.2, -0.15) is 0 Å². The van der Waals surface area contributed by atoms with Crippen molar-refractivity contribution in [2.45, 2.75) is 18.3 Å². The number of hydrogen-bond donors (Lipinski definition) is 1. The fourth-order valence-electron chi connectivity index (χ4n) is 2.25. The van der Waals surface area contributed by atoms with Gasteiger partial charge in [0.25, 0.3) is 0 Å². The van der Waals surface area contributed by atoms with E-state index in [4.69, 9.17) is 16.3 Å². The first-order valence-electron chi connectivity index (χ1n) is 8.32. The van der Waals surface area contributed by atoms with Crippen LogP contribution in [0.1, 0.15) is 11.4 Å². The Kier molecular flexibility index (Phi) is 6.73. The second-order valence-electron chi connectivity index (χ2n) is 5.75. The van der Waals surface area contributed by atoms with Crippen LogP contribution in [0.5, 0.6) is 5.75 Å². The van der Waals surface area contributed by atoms with Gasteiger partial charge in [-0.3, -0.25) is 4.79 Å². The molecule has 0 saturated carbocycles. The van der Waals surface area contributed by atoms with Crippen LogP contribution >= 0.6 is 23.4 Å². The minimum absolute atomic E-state index is 0.0502. The van der Waals surface area contributed by atoms with Gasteiger partial charge in [0.2, 0.25) is 5.91 Å². The molecule has 0 atom stereocenters. The number of ether oxygens (including phenoxy) is 1. The molecule has 0 aliphatic carbocycles. The van der Waals surface area contributed by atoms with E-state index >= 15 is 0 Å². The molecule has 6 nitrogen and oxygen atoms in total. The number of amides is 1. The Bertz CT molecular complexity index is 884. The van der Waals surface area contributed by atoms with Crippen molar-refractivity contribution in [1.82, 2.24) is 20.1 Å². The zero-order valence-electron chi connectivity index (χ0n) is 14.8. The monoisotopic (exact) mass is 402 g/mol. The molecule has 1 aromatic heterocycles. The number of carbonyl (C=O) groups is 1. The molecular weight excluding hydrogens is 384 g/mol. The minimum Gasteiger partial charge on any atom is -0.486 e. The Morgan fingerprint density at radius 1 is 1.15 bits per heavy atom. The third-order valence-electron chi connectivity index (χ3n) is 3.77. The molecule has 3 rings (SSSR count). The summed E-state index contributed by atoms with van der Waals surface area (Å²) in [4.78, 5) is 12.0. The fraction of sp³-hybridized carbons (Fsp3) is 0.211. The maximum absolute atomic E-state index is 12.0. The molecule has 1 heterocycles. The van der Waals surface area contributed by atoms with Crippen molar-refractivity contribution >= 4 is 29.3 Å². The second-order valence-corrected chi connectivity index (χ2v) is 7.13. The predicted octanol–water partition coefficient (Wildman–Crippen LogP) is 3.46. The number of thioether (sulfide) groups is 1. The highest BCUT2D eigenvalue weighted by Gasteiger charge is 2.12. The van der Waals surface area contributed by atoms with Crippen molar-refractivity contribution in [3.63, 3.8) is 0 Å². The Morgan fingerprint density at radius 3 is 2.63 bits per heavy atom. The summed E-state index contributed by atoms with van der Waals surface area (Å²) in [6.07, 6.45) is 0. The van der Waals surface area contributed by atoms with Crippen LogP contribution < -0.4 is 10.1 Å². The number of nitrogens with zero attached hydrogens (tertiary/aromatic N) is 3. The summed E-state index contributed by atoms with van der Waals surface area (Å²) in [5.74, 6) is 1.61. The summed E-state index contributed by atoms with van der Waals surface area (Å²) < 4.78 is 7.51. The molecule has 0 unspecified atom stereocenters. The first-order chi connectivity index (χ1) is 13.1. The molecule has 140 valence electrons. The van der Waals surface area contributed by atoms with E-state index in [0.717, 1.165) is 5.56 Å². The van der Waals surface area contributed by atoms with Gasteiger partial charge in [-0.1, -0.05) is 53.7 Å². The standard InChI is InChI=1S/C19H19ClN4O2S/c1-24-17(12-26-16-9-7-15(20)8-10-16)22-23-19(24)27-13-18(25)21-11-14-5-3-2-4-6-14/h2-10H,11-13H2,1H3,(H,21,25). The van der Waals surface area contributed by atoms with E-state index in [1.54, 1.807) is 24.3 Å². The molecule has 1 amide bonds. The normalized spacial score (nSPS) is 10.6. The molecule has 0 saturated heterocycles. The van der Waals surface area contributed by atoms with Gasteiger partial charge >= 0.3 is 0 Å². The Hall–Kier alpha value is -2.51. The van der Waals surface area contributed by atoms with Gasteiger partial charge in [-0.25, -0.2) is 0 Å². The number of aromatic nitrogens is 3. The Morgan fingerprint density at radius 2 is 1.89 bits per heavy atom. The highest BCUT2D eigenvalue weighted by atomic mass is 35.5. The number of carbonyl (C=O) groups excluding carboxylic acids is 1. The summed E-state index contributed by atoms with van der Waals surface area (Å²) >= 11 is 7.20. The minimum atomic E-state index is -0.0502. The van der Waals surface area contributed by atoms with Crippen molar-refractivity contribution in [3.05, 3.63) is 71.0 Å². The van der Waals surface area contributed by atoms with Crippen molar-refractivity contribution in [1.29, 1.82) is 0 Å². The topological polar surface area (TPSA) is 69.0 Å². The van der Waals surface area contributed by atoms with E-state index in [2.05, 4.69) is 15.5 Å². The number of hydrogen-bond acceptors (Lipinski definition) is 5. The highest BCUT2D eigenvalue weighted by molar-refractivity contribution is 7.99. The lowest BCUT2D eigenvalue weighted by Crippen LogP contribution is -2.24. The lowest BCUT2D eigenvalue weighted by atomic mass is 10.2. The van der Waals surface area contributed by atoms with Crippen molar-refractivity contribution in [2.75, 3.05) is 5.75 Å². The number of halogens is 1. The maximum Gasteiger partial charge on any atom is 0.230 e. The largest absolute Gasteiger partial charge is 0.486 e. The van der Waals surface area contributed by atoms with E-state index in [1.807, 2.05) is 41.9 Å². The predicted molar refractivity (Wildman–Crippen MR) is 106 cm³/mol. The molecule has 0 aliphatic rings. The van der Waals surface area contributed by atoms with Crippen LogP contribution in [0.3, 0.4) is 0 Å². The van der Waals surface area contributed by atoms with Crippen LogP contribution in [0.15, 0.2) is 59.8 Å². The second kappa shape index (κ2) is 9.43. The molecule has 0 radical (unpaired) electrons. The summed E-state index contributed by atoms with van der Waals surface area (Å²) in [6.45, 7) is 0.797. The summed E-state index contributed by atoms with van der Waals surface area (Å²) in [5, 5.41) is 12.5. The van der Waals surface area contributed by atoms with Crippen LogP contribution in [0.25, 0.3) is 0 Å². The van der Waals surface area contributed by atoms with Gasteiger partial charge in [0, 0.05) is 18.6 Å². The fourth-order valence-corrected chi connectivity index (χ4v) is 3.14. The molecule has 8 heteroatoms. The van der Waals surface area contributed by atoms with Gasteiger partial charge in [0.05, 0.1) is 5.75 Å². The van der Waals surface area contributed by atoms with Gasteiger partial charge < -0.3 is 14.6 Å². The van der Waals surface area contributed by atoms with E-state index in [1.165, 1.54) is 11.8 Å². The van der Waals surface area contributed by atoms with Crippen LogP contribution in [0.2, 0.25) is 5.02 Å². The van der Waals surface area contributed by atoms with Crippen LogP contribution in [-0.2, 0) is 25.0 Å². The van der Waals surface area contributed by atoms with Crippen LogP contribution in [0.4, 0.5) is 0 Å². The highest BCUT2D eigenvalue weighted by Crippen LogP contribution is 2.19. The molecular formula is C19H19ClN4O2S. The van der Waals surface area contributed by atoms with E-state index in [-0.39, 0.29) is 18.3 Å². The van der Waals surface area contributed by atoms with Crippen molar-refractivity contribution in [2.24, 2.45) is 7.05 Å². The van der Waals surface area contributed by atoms with Crippen LogP contribution in [-0.4, -0.2) is 26.4 Å². The molecule has 0 bridgehead atoms. The summed E-state index contributed by atoms with van der Waals surface area (Å²) in [5.41, 5.74) is 1.07. The number of benzene rings is 2. The molecule has 0 fully saturated rings. The quantitative estimate of drug-likeness (QED) is 0.584. The average molecular weight is 403 g/mol. The number of nitrogens with one attached hydrogen (secondary N) is 1. The lowest BCUT2D eigenvalue weighted by molar-refractivity contribution is -0.118. The van der Waals surface area contributed by atoms with Gasteiger partial charge in [0.15, 0.2) is 11.0 Å². The molecule has 0 aliphatic heterocycles. The van der Waals surface area contributed by atoms with Gasteiger partial charge in [0.1, 0.15) is 12.4 Å². The third kappa shape index (κ3) is 5.74. The Labute approximate surface area is 166 Å². The lowest BCUT2D eigenvalue weighted by Gasteiger charge is -2.07. The molecule has 2 aromatic carbocycles. The Balaban J connectivity index is 1.46. The molecule has 0 spiro atoms. The van der Waals surface area contributed by atoms with Crippen molar-refractivity contribution < 1.29 is 9.53 Å². The van der Waals surface area contributed by atoms with Gasteiger partial charge in [-0.05, 0) is 29.8 Å². The molecule has 1 N–H and O–H groups in total. The zero-order chi connectivity index (χ0) is 19.1. The maximum atomic E-state index is 12.0. The average Bonchev–Trinajstić information content (AvgIpc) is 3.05. The van der Waals surface area contributed by atoms with Crippen LogP contribution in [0, 0.1) is 0 Å². The summed E-state index contributed by atoms with van der Waals surface area (Å²) in [6, 6.07) is 16.9. The summed E-state index contributed by atoms with van der Waals surface area (Å²) in [7, 11) is 1.85. The zero-order valence-corrected chi connectivity index (χ0v) is 16.3. The first kappa shape index (κ1) is 19.3. The van der Waals surface area contributed by atoms with E-state index < -0.39 is 0 Å². The molecule has 3 aromatic rings. The number of rotatable bonds is 8. The smallest absolute Gasteiger partial charge is 0.230 e. The van der Waals surface area contributed by atoms with E-state index in [9.17, 15) is 4.79 Å². The van der Waals surface area contributed by atoms with E-state index in [0.29, 0.717) is 28.3 Å². The van der Waals surface area contributed by atoms with Crippen molar-refractivity contribution in [3.8, 4) is 5.75 Å². The SMILES string of the molecule is Cn1c(COc2ccc(Cl)cc2)nnc1SCC(=O)NCc1ccccc1. The first-order valence-corrected chi connectivity index (χ1v) is 9.68. The van der Waals surface area contributed by atoms with Gasteiger partial charge in [-0.15, -0.1) is 10.2 Å². The molecule has 27 heavy (non-hydrogen) atoms. The third-order valence-corrected chi connectivity index (χ3v) is 5.04.